The number of imide groups is 1. The Morgan fingerprint density at radius 3 is 2.68 bits per heavy atom. The molecule has 2 rings (SSSR count). The van der Waals surface area contributed by atoms with Crippen LogP contribution in [0.4, 0.5) is 5.69 Å². The second-order valence-electron chi connectivity index (χ2n) is 4.46. The highest BCUT2D eigenvalue weighted by molar-refractivity contribution is 5.99. The van der Waals surface area contributed by atoms with Crippen LogP contribution in [0.2, 0.25) is 0 Å². The van der Waals surface area contributed by atoms with Crippen molar-refractivity contribution in [3.63, 3.8) is 0 Å². The molecular formula is C13H17N3O3. The maximum Gasteiger partial charge on any atom is 0.240 e. The number of nitrogen functional groups attached to an aromatic ring is 1. The molecule has 1 aromatic rings. The van der Waals surface area contributed by atoms with Crippen LogP contribution in [0.5, 0.6) is 5.75 Å². The van der Waals surface area contributed by atoms with Gasteiger partial charge in [0.25, 0.3) is 0 Å². The Morgan fingerprint density at radius 1 is 1.26 bits per heavy atom. The molecule has 6 heteroatoms. The number of piperazine rings is 1. The first-order valence-electron chi connectivity index (χ1n) is 6.17. The molecular weight excluding hydrogens is 246 g/mol. The molecule has 1 fully saturated rings. The Kier molecular flexibility index (Phi) is 4.35. The summed E-state index contributed by atoms with van der Waals surface area (Å²) in [5.41, 5.74) is 6.30. The molecule has 1 aliphatic rings. The van der Waals surface area contributed by atoms with Crippen LogP contribution in [0.1, 0.15) is 6.42 Å². The zero-order chi connectivity index (χ0) is 13.7. The number of rotatable bonds is 5. The molecule has 1 saturated heterocycles. The SMILES string of the molecule is Nc1cccc(OCCCN2CC(=O)NC(=O)C2)c1. The number of benzene rings is 1. The van der Waals surface area contributed by atoms with Crippen LogP contribution in [0.3, 0.4) is 0 Å². The maximum atomic E-state index is 11.2. The fourth-order valence-corrected chi connectivity index (χ4v) is 1.94. The van der Waals surface area contributed by atoms with E-state index >= 15 is 0 Å². The van der Waals surface area contributed by atoms with E-state index in [0.717, 1.165) is 12.2 Å². The highest BCUT2D eigenvalue weighted by atomic mass is 16.5. The van der Waals surface area contributed by atoms with E-state index in [1.807, 2.05) is 17.0 Å². The Morgan fingerprint density at radius 2 is 2.00 bits per heavy atom. The minimum atomic E-state index is -0.243. The summed E-state index contributed by atoms with van der Waals surface area (Å²) in [6.07, 6.45) is 0.745. The van der Waals surface area contributed by atoms with Crippen molar-refractivity contribution in [1.29, 1.82) is 0 Å². The summed E-state index contributed by atoms with van der Waals surface area (Å²) in [6.45, 7) is 1.71. The molecule has 0 bridgehead atoms. The monoisotopic (exact) mass is 263 g/mol. The molecule has 2 amide bonds. The van der Waals surface area contributed by atoms with Gasteiger partial charge in [-0.15, -0.1) is 0 Å². The number of carbonyl (C=O) groups is 2. The topological polar surface area (TPSA) is 84.7 Å². The number of hydrogen-bond donors (Lipinski definition) is 2. The van der Waals surface area contributed by atoms with Gasteiger partial charge in [0.15, 0.2) is 0 Å². The summed E-state index contributed by atoms with van der Waals surface area (Å²) in [5.74, 6) is 0.244. The molecule has 0 atom stereocenters. The van der Waals surface area contributed by atoms with Crippen molar-refractivity contribution in [3.05, 3.63) is 24.3 Å². The lowest BCUT2D eigenvalue weighted by Crippen LogP contribution is -2.51. The number of ether oxygens (including phenoxy) is 1. The second-order valence-corrected chi connectivity index (χ2v) is 4.46. The first-order valence-corrected chi connectivity index (χ1v) is 6.17. The molecule has 1 heterocycles. The average Bonchev–Trinajstić information content (AvgIpc) is 2.34. The predicted octanol–water partition coefficient (Wildman–Crippen LogP) is -0.00390. The minimum absolute atomic E-state index is 0.243. The van der Waals surface area contributed by atoms with E-state index in [2.05, 4.69) is 5.32 Å². The third-order valence-corrected chi connectivity index (χ3v) is 2.76. The Balaban J connectivity index is 1.69. The second kappa shape index (κ2) is 6.19. The number of anilines is 1. The highest BCUT2D eigenvalue weighted by Crippen LogP contribution is 2.14. The van der Waals surface area contributed by atoms with Crippen molar-refractivity contribution >= 4 is 17.5 Å². The number of nitrogens with two attached hydrogens (primary N) is 1. The molecule has 1 aromatic carbocycles. The van der Waals surface area contributed by atoms with Gasteiger partial charge in [-0.1, -0.05) is 6.07 Å². The van der Waals surface area contributed by atoms with E-state index in [1.54, 1.807) is 12.1 Å². The summed E-state index contributed by atoms with van der Waals surface area (Å²) >= 11 is 0. The van der Waals surface area contributed by atoms with Crippen molar-refractivity contribution in [1.82, 2.24) is 10.2 Å². The first-order chi connectivity index (χ1) is 9.13. The van der Waals surface area contributed by atoms with Gasteiger partial charge in [0.2, 0.25) is 11.8 Å². The number of nitrogens with zero attached hydrogens (tertiary/aromatic N) is 1. The Hall–Kier alpha value is -2.08. The van der Waals surface area contributed by atoms with E-state index in [9.17, 15) is 9.59 Å². The van der Waals surface area contributed by atoms with Crippen LogP contribution in [0, 0.1) is 0 Å². The number of nitrogens with one attached hydrogen (secondary N) is 1. The number of hydrogen-bond acceptors (Lipinski definition) is 5. The van der Waals surface area contributed by atoms with E-state index in [0.29, 0.717) is 18.8 Å². The van der Waals surface area contributed by atoms with Crippen molar-refractivity contribution < 1.29 is 14.3 Å². The smallest absolute Gasteiger partial charge is 0.240 e. The van der Waals surface area contributed by atoms with Crippen molar-refractivity contribution in [2.45, 2.75) is 6.42 Å². The molecule has 0 unspecified atom stereocenters. The summed E-state index contributed by atoms with van der Waals surface area (Å²) < 4.78 is 5.54. The molecule has 19 heavy (non-hydrogen) atoms. The molecule has 102 valence electrons. The van der Waals surface area contributed by atoms with E-state index in [4.69, 9.17) is 10.5 Å². The van der Waals surface area contributed by atoms with Gasteiger partial charge in [0, 0.05) is 18.3 Å². The van der Waals surface area contributed by atoms with Gasteiger partial charge in [0.05, 0.1) is 19.7 Å². The average molecular weight is 263 g/mol. The van der Waals surface area contributed by atoms with Crippen molar-refractivity contribution in [2.24, 2.45) is 0 Å². The fraction of sp³-hybridized carbons (Fsp3) is 0.385. The summed E-state index contributed by atoms with van der Waals surface area (Å²) in [4.78, 5) is 24.1. The standard InChI is InChI=1S/C13H17N3O3/c14-10-3-1-4-11(7-10)19-6-2-5-16-8-12(17)15-13(18)9-16/h1,3-4,7H,2,5-6,8-9,14H2,(H,15,17,18). The third-order valence-electron chi connectivity index (χ3n) is 2.76. The van der Waals surface area contributed by atoms with E-state index < -0.39 is 0 Å². The lowest BCUT2D eigenvalue weighted by molar-refractivity contribution is -0.136. The van der Waals surface area contributed by atoms with Crippen LogP contribution in [0.15, 0.2) is 24.3 Å². The number of carbonyl (C=O) groups excluding carboxylic acids is 2. The van der Waals surface area contributed by atoms with Crippen molar-refractivity contribution in [3.8, 4) is 5.75 Å². The Labute approximate surface area is 111 Å². The molecule has 0 spiro atoms. The summed E-state index contributed by atoms with van der Waals surface area (Å²) in [7, 11) is 0. The maximum absolute atomic E-state index is 11.2. The van der Waals surface area contributed by atoms with Gasteiger partial charge in [-0.3, -0.25) is 19.8 Å². The van der Waals surface area contributed by atoms with Crippen LogP contribution >= 0.6 is 0 Å². The van der Waals surface area contributed by atoms with Crippen LogP contribution in [-0.2, 0) is 9.59 Å². The fourth-order valence-electron chi connectivity index (χ4n) is 1.94. The number of amides is 2. The molecule has 3 N–H and O–H groups in total. The summed E-state index contributed by atoms with van der Waals surface area (Å²) in [6, 6.07) is 7.23. The largest absolute Gasteiger partial charge is 0.493 e. The molecule has 0 aromatic heterocycles. The molecule has 0 saturated carbocycles. The van der Waals surface area contributed by atoms with Crippen molar-refractivity contribution in [2.75, 3.05) is 32.0 Å². The molecule has 6 nitrogen and oxygen atoms in total. The van der Waals surface area contributed by atoms with Crippen LogP contribution in [-0.4, -0.2) is 43.0 Å². The van der Waals surface area contributed by atoms with E-state index in [-0.39, 0.29) is 24.9 Å². The quantitative estimate of drug-likeness (QED) is 0.443. The zero-order valence-corrected chi connectivity index (χ0v) is 10.6. The summed E-state index contributed by atoms with van der Waals surface area (Å²) in [5, 5.41) is 2.27. The predicted molar refractivity (Wildman–Crippen MR) is 70.6 cm³/mol. The lowest BCUT2D eigenvalue weighted by atomic mass is 10.3. The molecule has 0 aliphatic carbocycles. The van der Waals surface area contributed by atoms with E-state index in [1.165, 1.54) is 0 Å². The Bertz CT molecular complexity index is 460. The minimum Gasteiger partial charge on any atom is -0.493 e. The lowest BCUT2D eigenvalue weighted by Gasteiger charge is -2.24. The van der Waals surface area contributed by atoms with Gasteiger partial charge in [0.1, 0.15) is 5.75 Å². The first kappa shape index (κ1) is 13.4. The van der Waals surface area contributed by atoms with Gasteiger partial charge in [-0.25, -0.2) is 0 Å². The molecule has 0 radical (unpaired) electrons. The van der Waals surface area contributed by atoms with Crippen LogP contribution < -0.4 is 15.8 Å². The van der Waals surface area contributed by atoms with Gasteiger partial charge < -0.3 is 10.5 Å². The normalized spacial score (nSPS) is 16.2. The zero-order valence-electron chi connectivity index (χ0n) is 10.6. The van der Waals surface area contributed by atoms with Gasteiger partial charge in [-0.2, -0.15) is 0 Å². The van der Waals surface area contributed by atoms with Gasteiger partial charge >= 0.3 is 0 Å². The highest BCUT2D eigenvalue weighted by Gasteiger charge is 2.21. The molecule has 1 aliphatic heterocycles. The third kappa shape index (κ3) is 4.26. The van der Waals surface area contributed by atoms with Gasteiger partial charge in [-0.05, 0) is 18.6 Å². The van der Waals surface area contributed by atoms with Crippen LogP contribution in [0.25, 0.3) is 0 Å².